The van der Waals surface area contributed by atoms with Crippen molar-refractivity contribution in [2.45, 2.75) is 6.04 Å². The third kappa shape index (κ3) is 3.56. The van der Waals surface area contributed by atoms with Gasteiger partial charge in [0.05, 0.1) is 22.8 Å². The van der Waals surface area contributed by atoms with Crippen LogP contribution in [-0.4, -0.2) is 36.4 Å². The maximum absolute atomic E-state index is 11.6. The Balaban J connectivity index is 2.12. The molecule has 0 amide bonds. The van der Waals surface area contributed by atoms with Crippen molar-refractivity contribution in [2.24, 2.45) is 0 Å². The number of rotatable bonds is 7. The minimum atomic E-state index is -0.577. The first-order valence-corrected chi connectivity index (χ1v) is 6.03. The van der Waals surface area contributed by atoms with E-state index in [1.54, 1.807) is 0 Å². The number of Topliss-reactive ketones (excluding diaryl/α,β-unsaturated/α-hetero) is 1. The zero-order chi connectivity index (χ0) is 15.2. The van der Waals surface area contributed by atoms with Gasteiger partial charge in [-0.1, -0.05) is 0 Å². The van der Waals surface area contributed by atoms with Gasteiger partial charge in [-0.05, 0) is 12.1 Å². The van der Waals surface area contributed by atoms with Crippen molar-refractivity contribution in [3.8, 4) is 0 Å². The molecule has 0 radical (unpaired) electrons. The van der Waals surface area contributed by atoms with Gasteiger partial charge in [0.25, 0.3) is 12.2 Å². The van der Waals surface area contributed by atoms with E-state index in [9.17, 15) is 19.7 Å². The lowest BCUT2D eigenvalue weighted by Crippen LogP contribution is -2.30. The van der Waals surface area contributed by atoms with Gasteiger partial charge in [0.15, 0.2) is 6.61 Å². The number of ether oxygens (including phenoxy) is 2. The summed E-state index contributed by atoms with van der Waals surface area (Å²) in [6, 6.07) is 5.11. The number of nitrogens with zero attached hydrogens (tertiary/aromatic N) is 1. The third-order valence-electron chi connectivity index (χ3n) is 2.87. The molecular weight excluding hydrogens is 280 g/mol. The van der Waals surface area contributed by atoms with Crippen molar-refractivity contribution in [3.05, 3.63) is 46.2 Å². The molecule has 110 valence electrons. The smallest absolute Gasteiger partial charge is 0.293 e. The highest BCUT2D eigenvalue weighted by molar-refractivity contribution is 5.99. The van der Waals surface area contributed by atoms with Crippen LogP contribution in [0.15, 0.2) is 36.1 Å². The van der Waals surface area contributed by atoms with Crippen LogP contribution in [-0.2, 0) is 19.1 Å². The van der Waals surface area contributed by atoms with Crippen LogP contribution in [0.4, 0.5) is 11.4 Å². The lowest BCUT2D eigenvalue weighted by molar-refractivity contribution is -0.384. The number of benzene rings is 1. The second-order valence-electron chi connectivity index (χ2n) is 4.24. The van der Waals surface area contributed by atoms with Gasteiger partial charge in [-0.3, -0.25) is 19.7 Å². The number of nitro groups is 1. The van der Waals surface area contributed by atoms with Crippen LogP contribution in [0.3, 0.4) is 0 Å². The Morgan fingerprint density at radius 1 is 1.43 bits per heavy atom. The Hall–Kier alpha value is -2.90. The predicted molar refractivity (Wildman–Crippen MR) is 71.6 cm³/mol. The van der Waals surface area contributed by atoms with E-state index < -0.39 is 11.0 Å². The molecule has 0 saturated carbocycles. The number of carbonyl (C=O) groups excluding carboxylic acids is 2. The second-order valence-corrected chi connectivity index (χ2v) is 4.24. The van der Waals surface area contributed by atoms with E-state index in [1.165, 1.54) is 30.5 Å². The van der Waals surface area contributed by atoms with Crippen molar-refractivity contribution in [3.63, 3.8) is 0 Å². The highest BCUT2D eigenvalue weighted by atomic mass is 16.6. The predicted octanol–water partition coefficient (Wildman–Crippen LogP) is 1.03. The van der Waals surface area contributed by atoms with Gasteiger partial charge in [-0.25, -0.2) is 0 Å². The van der Waals surface area contributed by atoms with Crippen molar-refractivity contribution in [1.82, 2.24) is 0 Å². The molecule has 0 aromatic heterocycles. The lowest BCUT2D eigenvalue weighted by Gasteiger charge is -2.18. The summed E-state index contributed by atoms with van der Waals surface area (Å²) in [5.41, 5.74) is 0.872. The van der Waals surface area contributed by atoms with E-state index in [2.05, 4.69) is 5.32 Å². The summed E-state index contributed by atoms with van der Waals surface area (Å²) in [5, 5.41) is 13.6. The SMILES string of the molecule is O=COCC(Nc1ccc([N+](=O)[O-])cc1)C1=COCC1=O. The van der Waals surface area contributed by atoms with E-state index in [4.69, 9.17) is 9.47 Å². The first kappa shape index (κ1) is 14.5. The summed E-state index contributed by atoms with van der Waals surface area (Å²) in [7, 11) is 0. The van der Waals surface area contributed by atoms with Crippen LogP contribution < -0.4 is 5.32 Å². The molecule has 1 aliphatic rings. The molecule has 1 aliphatic heterocycles. The van der Waals surface area contributed by atoms with Crippen LogP contribution in [0.5, 0.6) is 0 Å². The van der Waals surface area contributed by atoms with Gasteiger partial charge in [-0.2, -0.15) is 0 Å². The average Bonchev–Trinajstić information content (AvgIpc) is 2.90. The molecule has 1 aromatic carbocycles. The molecule has 0 spiro atoms. The van der Waals surface area contributed by atoms with Crippen molar-refractivity contribution in [1.29, 1.82) is 0 Å². The van der Waals surface area contributed by atoms with E-state index in [1.807, 2.05) is 0 Å². The minimum absolute atomic E-state index is 0.0410. The van der Waals surface area contributed by atoms with Crippen molar-refractivity contribution < 1.29 is 24.0 Å². The quantitative estimate of drug-likeness (QED) is 0.454. The normalized spacial score (nSPS) is 14.9. The molecular formula is C13H12N2O6. The van der Waals surface area contributed by atoms with E-state index >= 15 is 0 Å². The molecule has 8 nitrogen and oxygen atoms in total. The molecule has 0 saturated heterocycles. The largest absolute Gasteiger partial charge is 0.493 e. The molecule has 2 rings (SSSR count). The summed E-state index contributed by atoms with van der Waals surface area (Å²) >= 11 is 0. The zero-order valence-electron chi connectivity index (χ0n) is 10.9. The van der Waals surface area contributed by atoms with E-state index in [0.29, 0.717) is 11.3 Å². The maximum Gasteiger partial charge on any atom is 0.293 e. The molecule has 1 N–H and O–H groups in total. The van der Waals surface area contributed by atoms with Crippen molar-refractivity contribution in [2.75, 3.05) is 18.5 Å². The molecule has 21 heavy (non-hydrogen) atoms. The highest BCUT2D eigenvalue weighted by Gasteiger charge is 2.26. The van der Waals surface area contributed by atoms with Crippen molar-refractivity contribution >= 4 is 23.6 Å². The first-order chi connectivity index (χ1) is 10.1. The number of hydrogen-bond donors (Lipinski definition) is 1. The van der Waals surface area contributed by atoms with Crippen LogP contribution in [0.25, 0.3) is 0 Å². The Morgan fingerprint density at radius 2 is 2.14 bits per heavy atom. The van der Waals surface area contributed by atoms with E-state index in [-0.39, 0.29) is 31.2 Å². The molecule has 0 fully saturated rings. The Labute approximate surface area is 119 Å². The van der Waals surface area contributed by atoms with Gasteiger partial charge in [0.1, 0.15) is 6.61 Å². The highest BCUT2D eigenvalue weighted by Crippen LogP contribution is 2.20. The maximum atomic E-state index is 11.6. The van der Waals surface area contributed by atoms with E-state index in [0.717, 1.165) is 0 Å². The monoisotopic (exact) mass is 292 g/mol. The number of carbonyl (C=O) groups is 2. The molecule has 1 aromatic rings. The molecule has 1 atom stereocenters. The molecule has 1 unspecified atom stereocenters. The molecule has 8 heteroatoms. The third-order valence-corrected chi connectivity index (χ3v) is 2.87. The summed E-state index contributed by atoms with van der Waals surface area (Å²) < 4.78 is 9.62. The van der Waals surface area contributed by atoms with Gasteiger partial charge in [0, 0.05) is 17.8 Å². The molecule has 0 bridgehead atoms. The summed E-state index contributed by atoms with van der Waals surface area (Å²) in [6.07, 6.45) is 1.32. The number of anilines is 1. The van der Waals surface area contributed by atoms with Gasteiger partial charge < -0.3 is 14.8 Å². The van der Waals surface area contributed by atoms with Crippen LogP contribution in [0.1, 0.15) is 0 Å². The number of nitro benzene ring substituents is 1. The fraction of sp³-hybridized carbons (Fsp3) is 0.231. The fourth-order valence-electron chi connectivity index (χ4n) is 1.86. The fourth-order valence-corrected chi connectivity index (χ4v) is 1.86. The Kier molecular flexibility index (Phi) is 4.50. The Bertz CT molecular complexity index is 581. The number of nitrogens with one attached hydrogen (secondary N) is 1. The van der Waals surface area contributed by atoms with Gasteiger partial charge in [-0.15, -0.1) is 0 Å². The minimum Gasteiger partial charge on any atom is -0.493 e. The Morgan fingerprint density at radius 3 is 2.67 bits per heavy atom. The zero-order valence-corrected chi connectivity index (χ0v) is 10.9. The second kappa shape index (κ2) is 6.51. The summed E-state index contributed by atoms with van der Waals surface area (Å²) in [5.74, 6) is -0.205. The lowest BCUT2D eigenvalue weighted by atomic mass is 10.1. The first-order valence-electron chi connectivity index (χ1n) is 6.03. The molecule has 1 heterocycles. The summed E-state index contributed by atoms with van der Waals surface area (Å²) in [6.45, 7) is 0.182. The number of non-ortho nitro benzene ring substituents is 1. The number of ketones is 1. The standard InChI is InChI=1S/C13H12N2O6/c16-8-21-6-12(11-5-20-7-13(11)17)14-9-1-3-10(4-2-9)15(18)19/h1-5,8,12,14H,6-7H2. The van der Waals surface area contributed by atoms with Crippen LogP contribution in [0.2, 0.25) is 0 Å². The molecule has 0 aliphatic carbocycles. The van der Waals surface area contributed by atoms with Gasteiger partial charge in [0.2, 0.25) is 5.78 Å². The topological polar surface area (TPSA) is 108 Å². The number of hydrogen-bond acceptors (Lipinski definition) is 7. The summed E-state index contributed by atoms with van der Waals surface area (Å²) in [4.78, 5) is 32.0. The van der Waals surface area contributed by atoms with Crippen LogP contribution in [0, 0.1) is 10.1 Å². The van der Waals surface area contributed by atoms with Gasteiger partial charge >= 0.3 is 0 Å². The van der Waals surface area contributed by atoms with Crippen LogP contribution >= 0.6 is 0 Å². The average molecular weight is 292 g/mol.